The molecular formula is C17H12Cl2O2. The van der Waals surface area contributed by atoms with Crippen molar-refractivity contribution in [2.45, 2.75) is 11.8 Å². The lowest BCUT2D eigenvalue weighted by molar-refractivity contribution is -0.123. The zero-order chi connectivity index (χ0) is 15.0. The van der Waals surface area contributed by atoms with E-state index in [9.17, 15) is 9.59 Å². The van der Waals surface area contributed by atoms with Crippen LogP contribution in [0.4, 0.5) is 0 Å². The summed E-state index contributed by atoms with van der Waals surface area (Å²) in [7, 11) is 0. The predicted molar refractivity (Wildman–Crippen MR) is 82.6 cm³/mol. The van der Waals surface area contributed by atoms with Crippen LogP contribution in [-0.4, -0.2) is 10.5 Å². The molecule has 2 aromatic carbocycles. The summed E-state index contributed by atoms with van der Waals surface area (Å²) >= 11 is 11.8. The number of rotatable bonds is 3. The van der Waals surface area contributed by atoms with E-state index in [0.29, 0.717) is 12.0 Å². The van der Waals surface area contributed by atoms with E-state index in [0.717, 1.165) is 11.1 Å². The molecule has 2 nitrogen and oxygen atoms in total. The predicted octanol–water partition coefficient (Wildman–Crippen LogP) is 3.68. The summed E-state index contributed by atoms with van der Waals surface area (Å²) < 4.78 is 0. The molecule has 4 heteroatoms. The molecular weight excluding hydrogens is 307 g/mol. The van der Waals surface area contributed by atoms with Crippen molar-refractivity contribution in [2.24, 2.45) is 5.92 Å². The van der Waals surface area contributed by atoms with Gasteiger partial charge in [-0.2, -0.15) is 0 Å². The van der Waals surface area contributed by atoms with Crippen molar-refractivity contribution >= 4 is 33.7 Å². The molecule has 0 amide bonds. The van der Waals surface area contributed by atoms with Gasteiger partial charge in [0.2, 0.25) is 10.5 Å². The molecule has 0 aliphatic heterocycles. The maximum absolute atomic E-state index is 12.4. The van der Waals surface area contributed by atoms with Gasteiger partial charge in [-0.25, -0.2) is 0 Å². The second-order valence-electron chi connectivity index (χ2n) is 5.17. The van der Waals surface area contributed by atoms with Crippen molar-refractivity contribution < 1.29 is 9.59 Å². The number of hydrogen-bond acceptors (Lipinski definition) is 2. The van der Waals surface area contributed by atoms with Crippen LogP contribution in [0.5, 0.6) is 0 Å². The number of halogens is 2. The summed E-state index contributed by atoms with van der Waals surface area (Å²) in [5.41, 5.74) is 1.22. The molecule has 2 unspecified atom stereocenters. The molecule has 1 aliphatic carbocycles. The number of benzene rings is 2. The van der Waals surface area contributed by atoms with Gasteiger partial charge in [0.15, 0.2) is 0 Å². The topological polar surface area (TPSA) is 34.1 Å². The molecule has 0 aromatic heterocycles. The van der Waals surface area contributed by atoms with Gasteiger partial charge >= 0.3 is 0 Å². The molecule has 21 heavy (non-hydrogen) atoms. The highest BCUT2D eigenvalue weighted by Gasteiger charge is 2.55. The maximum Gasteiger partial charge on any atom is 0.237 e. The fraction of sp³-hybridized carbons (Fsp3) is 0.176. The highest BCUT2D eigenvalue weighted by Crippen LogP contribution is 2.50. The minimum Gasteiger partial charge on any atom is -0.281 e. The van der Waals surface area contributed by atoms with Crippen molar-refractivity contribution in [1.29, 1.82) is 0 Å². The summed E-state index contributed by atoms with van der Waals surface area (Å²) in [5.74, 6) is -0.677. The highest BCUT2D eigenvalue weighted by atomic mass is 35.5. The van der Waals surface area contributed by atoms with Crippen LogP contribution < -0.4 is 0 Å². The summed E-state index contributed by atoms with van der Waals surface area (Å²) in [5, 5.41) is -1.11. The van der Waals surface area contributed by atoms with Gasteiger partial charge in [0.1, 0.15) is 5.41 Å². The van der Waals surface area contributed by atoms with Crippen molar-refractivity contribution in [3.05, 3.63) is 71.3 Å². The lowest BCUT2D eigenvalue weighted by atomic mass is 9.71. The van der Waals surface area contributed by atoms with Gasteiger partial charge in [-0.05, 0) is 46.3 Å². The maximum atomic E-state index is 12.4. The van der Waals surface area contributed by atoms with Crippen LogP contribution in [0.3, 0.4) is 0 Å². The quantitative estimate of drug-likeness (QED) is 0.809. The van der Waals surface area contributed by atoms with Crippen LogP contribution in [0.25, 0.3) is 0 Å². The molecule has 0 spiro atoms. The summed E-state index contributed by atoms with van der Waals surface area (Å²) in [6.45, 7) is 0. The lowest BCUT2D eigenvalue weighted by Gasteiger charge is -2.31. The molecule has 0 heterocycles. The Morgan fingerprint density at radius 1 is 0.952 bits per heavy atom. The van der Waals surface area contributed by atoms with Crippen molar-refractivity contribution in [3.8, 4) is 0 Å². The first-order chi connectivity index (χ1) is 10.1. The Labute approximate surface area is 132 Å². The molecule has 2 aromatic rings. The fourth-order valence-corrected chi connectivity index (χ4v) is 3.89. The standard InChI is InChI=1S/C17H12Cl2O2/c18-15(20)14-10-11-6-4-5-9-13(11)17(14,16(19)21)12-7-2-1-3-8-12/h1-9,14H,10H2. The van der Waals surface area contributed by atoms with Crippen LogP contribution >= 0.6 is 23.2 Å². The molecule has 0 bridgehead atoms. The Kier molecular flexibility index (Phi) is 3.60. The van der Waals surface area contributed by atoms with Gasteiger partial charge in [-0.3, -0.25) is 9.59 Å². The summed E-state index contributed by atoms with van der Waals surface area (Å²) in [6.07, 6.45) is 0.422. The van der Waals surface area contributed by atoms with E-state index in [1.54, 1.807) is 0 Å². The average Bonchev–Trinajstić information content (AvgIpc) is 2.84. The summed E-state index contributed by atoms with van der Waals surface area (Å²) in [4.78, 5) is 24.4. The zero-order valence-corrected chi connectivity index (χ0v) is 12.6. The number of carbonyl (C=O) groups is 2. The van der Waals surface area contributed by atoms with Gasteiger partial charge in [0.05, 0.1) is 5.92 Å². The third kappa shape index (κ3) is 2.02. The van der Waals surface area contributed by atoms with Crippen LogP contribution in [0.2, 0.25) is 0 Å². The van der Waals surface area contributed by atoms with E-state index in [2.05, 4.69) is 0 Å². The third-order valence-corrected chi connectivity index (χ3v) is 4.76. The first-order valence-electron chi connectivity index (χ1n) is 6.61. The second-order valence-corrected chi connectivity index (χ2v) is 5.88. The molecule has 0 saturated heterocycles. The Balaban J connectivity index is 2.35. The fourth-order valence-electron chi connectivity index (χ4n) is 3.31. The summed E-state index contributed by atoms with van der Waals surface area (Å²) in [6, 6.07) is 16.6. The largest absolute Gasteiger partial charge is 0.281 e. The number of hydrogen-bond donors (Lipinski definition) is 0. The molecule has 106 valence electrons. The van der Waals surface area contributed by atoms with Crippen molar-refractivity contribution in [3.63, 3.8) is 0 Å². The van der Waals surface area contributed by atoms with Crippen LogP contribution in [0.1, 0.15) is 16.7 Å². The molecule has 3 rings (SSSR count). The first kappa shape index (κ1) is 14.3. The Morgan fingerprint density at radius 2 is 1.57 bits per heavy atom. The average molecular weight is 319 g/mol. The number of fused-ring (bicyclic) bond motifs is 1. The molecule has 0 saturated carbocycles. The van der Waals surface area contributed by atoms with E-state index in [4.69, 9.17) is 23.2 Å². The van der Waals surface area contributed by atoms with Crippen molar-refractivity contribution in [2.75, 3.05) is 0 Å². The molecule has 0 radical (unpaired) electrons. The van der Waals surface area contributed by atoms with E-state index in [-0.39, 0.29) is 0 Å². The van der Waals surface area contributed by atoms with Gasteiger partial charge in [0.25, 0.3) is 0 Å². The smallest absolute Gasteiger partial charge is 0.237 e. The number of carbonyl (C=O) groups excluding carboxylic acids is 2. The van der Waals surface area contributed by atoms with Crippen molar-refractivity contribution in [1.82, 2.24) is 0 Å². The van der Waals surface area contributed by atoms with E-state index >= 15 is 0 Å². The Hall–Kier alpha value is -1.64. The third-order valence-electron chi connectivity index (χ3n) is 4.20. The van der Waals surface area contributed by atoms with E-state index < -0.39 is 21.8 Å². The second kappa shape index (κ2) is 5.28. The van der Waals surface area contributed by atoms with E-state index in [1.165, 1.54) is 0 Å². The molecule has 2 atom stereocenters. The normalized spacial score (nSPS) is 23.6. The monoisotopic (exact) mass is 318 g/mol. The lowest BCUT2D eigenvalue weighted by Crippen LogP contribution is -2.41. The highest BCUT2D eigenvalue weighted by molar-refractivity contribution is 6.68. The Morgan fingerprint density at radius 3 is 2.19 bits per heavy atom. The van der Waals surface area contributed by atoms with E-state index in [1.807, 2.05) is 54.6 Å². The molecule has 0 N–H and O–H groups in total. The SMILES string of the molecule is O=C(Cl)C1Cc2ccccc2C1(C(=O)Cl)c1ccccc1. The van der Waals surface area contributed by atoms with Gasteiger partial charge in [-0.1, -0.05) is 54.6 Å². The molecule has 1 aliphatic rings. The van der Waals surface area contributed by atoms with Crippen LogP contribution in [0.15, 0.2) is 54.6 Å². The van der Waals surface area contributed by atoms with Gasteiger partial charge in [-0.15, -0.1) is 0 Å². The molecule has 0 fully saturated rings. The first-order valence-corrected chi connectivity index (χ1v) is 7.37. The minimum absolute atomic E-state index is 0.422. The van der Waals surface area contributed by atoms with Gasteiger partial charge in [0, 0.05) is 0 Å². The minimum atomic E-state index is -1.20. The zero-order valence-electron chi connectivity index (χ0n) is 11.1. The Bertz CT molecular complexity index is 712. The van der Waals surface area contributed by atoms with Crippen LogP contribution in [0, 0.1) is 5.92 Å². The van der Waals surface area contributed by atoms with Gasteiger partial charge < -0.3 is 0 Å². The van der Waals surface area contributed by atoms with Crippen LogP contribution in [-0.2, 0) is 21.4 Å².